The monoisotopic (exact) mass is 379 g/mol. The number of benzene rings is 1. The summed E-state index contributed by atoms with van der Waals surface area (Å²) >= 11 is 7.36. The molecule has 1 aliphatic heterocycles. The summed E-state index contributed by atoms with van der Waals surface area (Å²) in [7, 11) is 0. The molecule has 0 spiro atoms. The van der Waals surface area contributed by atoms with Crippen molar-refractivity contribution in [2.45, 2.75) is 9.99 Å². The molecule has 1 N–H and O–H groups in total. The number of amides is 1. The number of nitrogens with one attached hydrogen (secondary N) is 1. The number of halogens is 1. The van der Waals surface area contributed by atoms with Crippen LogP contribution >= 0.6 is 23.4 Å². The Kier molecular flexibility index (Phi) is 6.52. The van der Waals surface area contributed by atoms with Gasteiger partial charge in [0.05, 0.1) is 26.0 Å². The molecule has 2 aromatic rings. The highest BCUT2D eigenvalue weighted by Crippen LogP contribution is 2.29. The second-order valence-corrected chi connectivity index (χ2v) is 6.91. The number of ether oxygens (including phenoxy) is 1. The lowest BCUT2D eigenvalue weighted by atomic mass is 10.4. The average Bonchev–Trinajstić information content (AvgIpc) is 3.05. The first-order valence-electron chi connectivity index (χ1n) is 7.84. The number of carbonyl (C=O) groups excluding carboxylic acids is 1. The molecule has 6 nitrogen and oxygen atoms in total. The molecule has 0 aliphatic carbocycles. The lowest BCUT2D eigenvalue weighted by molar-refractivity contribution is -0.123. The summed E-state index contributed by atoms with van der Waals surface area (Å²) in [6.07, 6.45) is 1.49. The van der Waals surface area contributed by atoms with Gasteiger partial charge in [-0.15, -0.1) is 0 Å². The summed E-state index contributed by atoms with van der Waals surface area (Å²) in [4.78, 5) is 14.9. The van der Waals surface area contributed by atoms with Gasteiger partial charge in [0, 0.05) is 23.0 Å². The predicted octanol–water partition coefficient (Wildman–Crippen LogP) is 2.87. The zero-order valence-corrected chi connectivity index (χ0v) is 15.1. The lowest BCUT2D eigenvalue weighted by Gasteiger charge is -2.25. The standard InChI is InChI=1S/C17H18ClN3O3S/c18-13-1-4-15(5-2-13)25-17-6-3-14(24-17)11-19-20-16(22)12-21-7-9-23-10-8-21/h1-6,11H,7-10,12H2,(H,20,22)/b19-11-. The molecule has 0 radical (unpaired) electrons. The van der Waals surface area contributed by atoms with Gasteiger partial charge >= 0.3 is 0 Å². The van der Waals surface area contributed by atoms with Gasteiger partial charge < -0.3 is 9.15 Å². The summed E-state index contributed by atoms with van der Waals surface area (Å²) in [6, 6.07) is 11.2. The molecule has 1 aliphatic rings. The molecule has 2 heterocycles. The fraction of sp³-hybridized carbons (Fsp3) is 0.294. The second-order valence-electron chi connectivity index (χ2n) is 5.39. The molecule has 1 saturated heterocycles. The third kappa shape index (κ3) is 5.89. The van der Waals surface area contributed by atoms with E-state index in [1.165, 1.54) is 18.0 Å². The number of carbonyl (C=O) groups is 1. The van der Waals surface area contributed by atoms with Crippen LogP contribution in [0, 0.1) is 0 Å². The van der Waals surface area contributed by atoms with Crippen LogP contribution in [0.3, 0.4) is 0 Å². The minimum atomic E-state index is -0.152. The maximum absolute atomic E-state index is 11.8. The van der Waals surface area contributed by atoms with Crippen molar-refractivity contribution in [3.05, 3.63) is 47.2 Å². The number of morpholine rings is 1. The van der Waals surface area contributed by atoms with Gasteiger partial charge in [0.25, 0.3) is 5.91 Å². The Bertz CT molecular complexity index is 727. The third-order valence-corrected chi connectivity index (χ3v) is 4.67. The van der Waals surface area contributed by atoms with Crippen molar-refractivity contribution in [2.75, 3.05) is 32.8 Å². The first-order valence-corrected chi connectivity index (χ1v) is 9.04. The smallest absolute Gasteiger partial charge is 0.254 e. The number of hydrogen-bond donors (Lipinski definition) is 1. The van der Waals surface area contributed by atoms with Gasteiger partial charge in [-0.1, -0.05) is 23.4 Å². The largest absolute Gasteiger partial charge is 0.448 e. The summed E-state index contributed by atoms with van der Waals surface area (Å²) in [5.74, 6) is 0.420. The maximum Gasteiger partial charge on any atom is 0.254 e. The van der Waals surface area contributed by atoms with Crippen LogP contribution in [0.5, 0.6) is 0 Å². The van der Waals surface area contributed by atoms with Crippen LogP contribution in [0.1, 0.15) is 5.76 Å². The third-order valence-electron chi connectivity index (χ3n) is 3.49. The summed E-state index contributed by atoms with van der Waals surface area (Å²) < 4.78 is 10.9. The predicted molar refractivity (Wildman–Crippen MR) is 97.3 cm³/mol. The number of furan rings is 1. The van der Waals surface area contributed by atoms with Crippen molar-refractivity contribution in [3.8, 4) is 0 Å². The Morgan fingerprint density at radius 3 is 2.76 bits per heavy atom. The van der Waals surface area contributed by atoms with Crippen LogP contribution in [0.15, 0.2) is 55.9 Å². The van der Waals surface area contributed by atoms with Crippen LogP contribution in [-0.4, -0.2) is 49.9 Å². The lowest BCUT2D eigenvalue weighted by Crippen LogP contribution is -2.42. The first-order chi connectivity index (χ1) is 12.2. The minimum Gasteiger partial charge on any atom is -0.448 e. The number of nitrogens with zero attached hydrogens (tertiary/aromatic N) is 2. The Morgan fingerprint density at radius 1 is 1.24 bits per heavy atom. The normalized spacial score (nSPS) is 15.6. The van der Waals surface area contributed by atoms with Gasteiger partial charge in [-0.2, -0.15) is 5.10 Å². The molecule has 1 fully saturated rings. The van der Waals surface area contributed by atoms with Crippen molar-refractivity contribution >= 4 is 35.5 Å². The van der Waals surface area contributed by atoms with Gasteiger partial charge in [-0.25, -0.2) is 5.43 Å². The van der Waals surface area contributed by atoms with E-state index in [1.807, 2.05) is 35.2 Å². The highest BCUT2D eigenvalue weighted by molar-refractivity contribution is 7.99. The molecule has 1 aromatic heterocycles. The zero-order chi connectivity index (χ0) is 17.5. The van der Waals surface area contributed by atoms with Gasteiger partial charge in [0.15, 0.2) is 5.09 Å². The number of rotatable bonds is 6. The topological polar surface area (TPSA) is 67.1 Å². The maximum atomic E-state index is 11.8. The van der Waals surface area contributed by atoms with Crippen molar-refractivity contribution in [1.82, 2.24) is 10.3 Å². The molecule has 0 atom stereocenters. The first kappa shape index (κ1) is 18.0. The number of hydrogen-bond acceptors (Lipinski definition) is 6. The van der Waals surface area contributed by atoms with Crippen LogP contribution in [-0.2, 0) is 9.53 Å². The van der Waals surface area contributed by atoms with E-state index in [0.29, 0.717) is 30.5 Å². The molecule has 8 heteroatoms. The van der Waals surface area contributed by atoms with Crippen molar-refractivity contribution in [2.24, 2.45) is 5.10 Å². The fourth-order valence-electron chi connectivity index (χ4n) is 2.24. The van der Waals surface area contributed by atoms with Crippen molar-refractivity contribution < 1.29 is 13.9 Å². The van der Waals surface area contributed by atoms with E-state index < -0.39 is 0 Å². The molecule has 0 unspecified atom stereocenters. The van der Waals surface area contributed by atoms with Crippen molar-refractivity contribution in [3.63, 3.8) is 0 Å². The van der Waals surface area contributed by atoms with E-state index in [9.17, 15) is 4.79 Å². The van der Waals surface area contributed by atoms with E-state index in [4.69, 9.17) is 20.8 Å². The molecule has 3 rings (SSSR count). The molecule has 1 amide bonds. The summed E-state index contributed by atoms with van der Waals surface area (Å²) in [5.41, 5.74) is 2.51. The van der Waals surface area contributed by atoms with Crippen LogP contribution in [0.25, 0.3) is 0 Å². The Morgan fingerprint density at radius 2 is 2.00 bits per heavy atom. The van der Waals surface area contributed by atoms with Gasteiger partial charge in [-0.3, -0.25) is 9.69 Å². The van der Waals surface area contributed by atoms with E-state index in [-0.39, 0.29) is 5.91 Å². The molecule has 0 saturated carbocycles. The van der Waals surface area contributed by atoms with Gasteiger partial charge in [0.2, 0.25) is 0 Å². The Balaban J connectivity index is 1.46. The Labute approximate surface area is 155 Å². The second kappa shape index (κ2) is 9.05. The van der Waals surface area contributed by atoms with E-state index in [0.717, 1.165) is 23.1 Å². The number of hydrazone groups is 1. The molecule has 132 valence electrons. The highest BCUT2D eigenvalue weighted by atomic mass is 35.5. The molecule has 25 heavy (non-hydrogen) atoms. The quantitative estimate of drug-likeness (QED) is 0.617. The molecule has 1 aromatic carbocycles. The SMILES string of the molecule is O=C(CN1CCOCC1)N/N=C\c1ccc(Sc2ccc(Cl)cc2)o1. The fourth-order valence-corrected chi connectivity index (χ4v) is 3.15. The highest BCUT2D eigenvalue weighted by Gasteiger charge is 2.13. The van der Waals surface area contributed by atoms with E-state index >= 15 is 0 Å². The molecular formula is C17H18ClN3O3S. The molecule has 0 bridgehead atoms. The van der Waals surface area contributed by atoms with E-state index in [2.05, 4.69) is 10.5 Å². The van der Waals surface area contributed by atoms with Gasteiger partial charge in [-0.05, 0) is 36.4 Å². The average molecular weight is 380 g/mol. The minimum absolute atomic E-state index is 0.152. The van der Waals surface area contributed by atoms with Crippen LogP contribution in [0.2, 0.25) is 5.02 Å². The van der Waals surface area contributed by atoms with E-state index in [1.54, 1.807) is 6.07 Å². The molecular weight excluding hydrogens is 362 g/mol. The van der Waals surface area contributed by atoms with Crippen LogP contribution in [0.4, 0.5) is 0 Å². The summed E-state index contributed by atoms with van der Waals surface area (Å²) in [6.45, 7) is 3.17. The van der Waals surface area contributed by atoms with Crippen LogP contribution < -0.4 is 5.43 Å². The summed E-state index contributed by atoms with van der Waals surface area (Å²) in [5, 5.41) is 5.37. The zero-order valence-electron chi connectivity index (χ0n) is 13.5. The Hall–Kier alpha value is -1.80. The van der Waals surface area contributed by atoms with Crippen molar-refractivity contribution in [1.29, 1.82) is 0 Å². The van der Waals surface area contributed by atoms with Gasteiger partial charge in [0.1, 0.15) is 5.76 Å².